The van der Waals surface area contributed by atoms with Gasteiger partial charge in [0.1, 0.15) is 17.3 Å². The summed E-state index contributed by atoms with van der Waals surface area (Å²) in [6.07, 6.45) is 1.55. The van der Waals surface area contributed by atoms with Crippen LogP contribution in [0.2, 0.25) is 0 Å². The Morgan fingerprint density at radius 2 is 1.86 bits per heavy atom. The maximum Gasteiger partial charge on any atom is 0.266 e. The van der Waals surface area contributed by atoms with E-state index in [0.717, 1.165) is 5.56 Å². The molecular weight excluding hydrogens is 444 g/mol. The number of Topliss-reactive ketones (excluding diaryl/α,β-unsaturated/α-hetero) is 1. The van der Waals surface area contributed by atoms with Gasteiger partial charge in [-0.15, -0.1) is 0 Å². The molecule has 9 heteroatoms. The normalized spacial score (nSPS) is 17.7. The molecule has 9 nitrogen and oxygen atoms in total. The molecule has 0 spiro atoms. The summed E-state index contributed by atoms with van der Waals surface area (Å²) in [5, 5.41) is 28.0. The van der Waals surface area contributed by atoms with Crippen molar-refractivity contribution >= 4 is 11.5 Å². The smallest absolute Gasteiger partial charge is 0.266 e. The second-order valence-corrected chi connectivity index (χ2v) is 8.38. The lowest BCUT2D eigenvalue weighted by molar-refractivity contribution is -0.116. The second kappa shape index (κ2) is 8.83. The van der Waals surface area contributed by atoms with Crippen LogP contribution in [0.5, 0.6) is 5.75 Å². The number of nitrogens with two attached hydrogens (primary N) is 1. The van der Waals surface area contributed by atoms with Gasteiger partial charge in [0.15, 0.2) is 5.78 Å². The number of aromatic amines is 1. The Balaban J connectivity index is 1.66. The van der Waals surface area contributed by atoms with Crippen molar-refractivity contribution in [1.82, 2.24) is 15.2 Å². The first-order valence-corrected chi connectivity index (χ1v) is 11.1. The maximum atomic E-state index is 13.2. The Morgan fingerprint density at radius 1 is 1.11 bits per heavy atom. The fourth-order valence-electron chi connectivity index (χ4n) is 4.64. The fraction of sp³-hybridized carbons (Fsp3) is 0.154. The number of nitriles is 1. The second-order valence-electron chi connectivity index (χ2n) is 8.38. The zero-order chi connectivity index (χ0) is 24.5. The number of hydrogen-bond acceptors (Lipinski definition) is 8. The summed E-state index contributed by atoms with van der Waals surface area (Å²) in [5.74, 6) is -0.489. The van der Waals surface area contributed by atoms with Crippen LogP contribution < -0.4 is 16.7 Å². The average molecular weight is 467 g/mol. The van der Waals surface area contributed by atoms with Gasteiger partial charge in [0.2, 0.25) is 0 Å². The number of phenolic OH excluding ortho intramolecular Hbond substituents is 1. The first-order valence-electron chi connectivity index (χ1n) is 11.1. The number of aromatic nitrogens is 2. The van der Waals surface area contributed by atoms with Crippen LogP contribution in [0.4, 0.5) is 5.69 Å². The van der Waals surface area contributed by atoms with Crippen molar-refractivity contribution in [2.45, 2.75) is 25.2 Å². The Labute approximate surface area is 200 Å². The van der Waals surface area contributed by atoms with Crippen LogP contribution >= 0.6 is 0 Å². The Morgan fingerprint density at radius 3 is 2.57 bits per heavy atom. The van der Waals surface area contributed by atoms with Gasteiger partial charge >= 0.3 is 0 Å². The lowest BCUT2D eigenvalue weighted by Gasteiger charge is -2.40. The summed E-state index contributed by atoms with van der Waals surface area (Å²) in [6, 6.07) is 19.3. The van der Waals surface area contributed by atoms with Gasteiger partial charge < -0.3 is 10.8 Å². The topological polar surface area (TPSA) is 148 Å². The van der Waals surface area contributed by atoms with Crippen molar-refractivity contribution < 1.29 is 9.90 Å². The number of carbonyl (C=O) groups is 1. The van der Waals surface area contributed by atoms with Crippen LogP contribution in [0.1, 0.15) is 30.7 Å². The molecule has 0 radical (unpaired) electrons. The van der Waals surface area contributed by atoms with E-state index in [9.17, 15) is 20.0 Å². The molecule has 35 heavy (non-hydrogen) atoms. The zero-order valence-corrected chi connectivity index (χ0v) is 18.7. The van der Waals surface area contributed by atoms with Gasteiger partial charge in [-0.3, -0.25) is 15.0 Å². The number of nitrogens with one attached hydrogen (secondary N) is 2. The van der Waals surface area contributed by atoms with Gasteiger partial charge in [-0.1, -0.05) is 42.5 Å². The third kappa shape index (κ3) is 3.91. The molecule has 1 aromatic heterocycles. The third-order valence-corrected chi connectivity index (χ3v) is 6.23. The summed E-state index contributed by atoms with van der Waals surface area (Å²) in [6.45, 7) is 0. The predicted molar refractivity (Wildman–Crippen MR) is 129 cm³/mol. The van der Waals surface area contributed by atoms with Gasteiger partial charge in [-0.2, -0.15) is 10.4 Å². The van der Waals surface area contributed by atoms with Crippen LogP contribution in [0.3, 0.4) is 0 Å². The minimum atomic E-state index is -0.646. The predicted octanol–water partition coefficient (Wildman–Crippen LogP) is 3.27. The summed E-state index contributed by atoms with van der Waals surface area (Å²) in [4.78, 5) is 25.3. The lowest BCUT2D eigenvalue weighted by Crippen LogP contribution is -2.42. The quantitative estimate of drug-likeness (QED) is 0.458. The molecular formula is C26H22N6O3. The van der Waals surface area contributed by atoms with Crippen molar-refractivity contribution in [3.63, 3.8) is 0 Å². The minimum Gasteiger partial charge on any atom is -0.508 e. The number of aromatic hydroxyl groups is 1. The van der Waals surface area contributed by atoms with Crippen LogP contribution in [-0.2, 0) is 4.79 Å². The molecule has 5 N–H and O–H groups in total. The third-order valence-electron chi connectivity index (χ3n) is 6.23. The highest BCUT2D eigenvalue weighted by atomic mass is 16.3. The van der Waals surface area contributed by atoms with Gasteiger partial charge in [0, 0.05) is 29.3 Å². The SMILES string of the molecule is N#CC1=C(N)N(Nc2cc(=O)[nH]nc2-c2ccccc2)C2=C(C(=O)CCC2)[C@@H]1c1ccc(O)cc1. The highest BCUT2D eigenvalue weighted by molar-refractivity contribution is 6.00. The number of hydrogen-bond donors (Lipinski definition) is 4. The van der Waals surface area contributed by atoms with Gasteiger partial charge in [0.05, 0.1) is 23.2 Å². The van der Waals surface area contributed by atoms with Crippen LogP contribution in [0.15, 0.2) is 88.1 Å². The van der Waals surface area contributed by atoms with Crippen LogP contribution in [0.25, 0.3) is 11.3 Å². The molecule has 0 unspecified atom stereocenters. The summed E-state index contributed by atoms with van der Waals surface area (Å²) in [7, 11) is 0. The molecule has 1 aliphatic carbocycles. The van der Waals surface area contributed by atoms with E-state index in [4.69, 9.17) is 5.73 Å². The number of allylic oxidation sites excluding steroid dienone is 3. The summed E-state index contributed by atoms with van der Waals surface area (Å²) >= 11 is 0. The van der Waals surface area contributed by atoms with E-state index in [1.165, 1.54) is 23.2 Å². The van der Waals surface area contributed by atoms with Crippen molar-refractivity contribution in [2.75, 3.05) is 5.43 Å². The monoisotopic (exact) mass is 466 g/mol. The fourth-order valence-corrected chi connectivity index (χ4v) is 4.64. The van der Waals surface area contributed by atoms with Crippen LogP contribution in [0, 0.1) is 11.3 Å². The van der Waals surface area contributed by atoms with Gasteiger partial charge in [0.25, 0.3) is 5.56 Å². The summed E-state index contributed by atoms with van der Waals surface area (Å²) < 4.78 is 0. The van der Waals surface area contributed by atoms with E-state index in [2.05, 4.69) is 21.7 Å². The largest absolute Gasteiger partial charge is 0.508 e. The molecule has 1 atom stereocenters. The van der Waals surface area contributed by atoms with Crippen molar-refractivity contribution in [3.05, 3.63) is 99.2 Å². The average Bonchev–Trinajstić information content (AvgIpc) is 2.87. The molecule has 0 saturated heterocycles. The Bertz CT molecular complexity index is 1470. The molecule has 0 amide bonds. The van der Waals surface area contributed by atoms with Crippen molar-refractivity contribution in [2.24, 2.45) is 5.73 Å². The van der Waals surface area contributed by atoms with Gasteiger partial charge in [-0.05, 0) is 30.5 Å². The molecule has 5 rings (SSSR count). The van der Waals surface area contributed by atoms with E-state index in [-0.39, 0.29) is 22.9 Å². The summed E-state index contributed by atoms with van der Waals surface area (Å²) in [5.41, 5.74) is 13.0. The molecule has 2 aromatic carbocycles. The van der Waals surface area contributed by atoms with E-state index >= 15 is 0 Å². The minimum absolute atomic E-state index is 0.0660. The van der Waals surface area contributed by atoms with Crippen molar-refractivity contribution in [1.29, 1.82) is 5.26 Å². The maximum absolute atomic E-state index is 13.2. The van der Waals surface area contributed by atoms with Gasteiger partial charge in [-0.25, -0.2) is 10.1 Å². The number of anilines is 1. The molecule has 174 valence electrons. The zero-order valence-electron chi connectivity index (χ0n) is 18.7. The van der Waals surface area contributed by atoms with E-state index < -0.39 is 11.5 Å². The van der Waals surface area contributed by atoms with E-state index in [1.54, 1.807) is 12.1 Å². The number of hydrazine groups is 1. The van der Waals surface area contributed by atoms with Crippen LogP contribution in [-0.4, -0.2) is 26.1 Å². The number of nitrogens with zero attached hydrogens (tertiary/aromatic N) is 3. The highest BCUT2D eigenvalue weighted by Crippen LogP contribution is 2.45. The first-order chi connectivity index (χ1) is 17.0. The number of rotatable bonds is 4. The molecule has 0 saturated carbocycles. The molecule has 2 heterocycles. The molecule has 3 aromatic rings. The molecule has 2 aliphatic rings. The van der Waals surface area contributed by atoms with E-state index in [1.807, 2.05) is 30.3 Å². The first kappa shape index (κ1) is 22.0. The molecule has 0 bridgehead atoms. The number of ketones is 1. The van der Waals surface area contributed by atoms with E-state index in [0.29, 0.717) is 47.5 Å². The number of H-pyrrole nitrogens is 1. The Hall–Kier alpha value is -4.84. The Kier molecular flexibility index (Phi) is 5.55. The standard InChI is InChI=1S/C26H22N6O3/c27-14-18-23(15-9-11-17(33)12-10-15)24-20(7-4-8-21(24)34)32(26(18)28)31-19-13-22(35)29-30-25(19)16-5-2-1-3-6-16/h1-3,5-6,9-13,23,33H,4,7-8,28H2,(H2,29,31,35)/t23-/m1/s1. The van der Waals surface area contributed by atoms with Crippen molar-refractivity contribution in [3.8, 4) is 23.1 Å². The molecule has 0 fully saturated rings. The lowest BCUT2D eigenvalue weighted by atomic mass is 9.76. The highest BCUT2D eigenvalue weighted by Gasteiger charge is 2.40. The molecule has 1 aliphatic heterocycles. The number of phenols is 1. The number of benzene rings is 2. The number of carbonyl (C=O) groups excluding carboxylic acids is 1.